The summed E-state index contributed by atoms with van der Waals surface area (Å²) in [4.78, 5) is 11.2. The molecule has 1 fully saturated rings. The fourth-order valence-electron chi connectivity index (χ4n) is 3.24. The summed E-state index contributed by atoms with van der Waals surface area (Å²) in [6, 6.07) is 9.23. The molecule has 1 saturated heterocycles. The topological polar surface area (TPSA) is 57.5 Å². The molecule has 0 radical (unpaired) electrons. The molecule has 2 heterocycles. The monoisotopic (exact) mass is 482 g/mol. The first-order chi connectivity index (χ1) is 12.7. The maximum atomic E-state index is 4.73. The van der Waals surface area contributed by atoms with E-state index in [-0.39, 0.29) is 24.0 Å². The molecule has 6 nitrogen and oxygen atoms in total. The lowest BCUT2D eigenvalue weighted by molar-refractivity contribution is 0.630. The largest absolute Gasteiger partial charge is 0.369 e. The van der Waals surface area contributed by atoms with Crippen LogP contribution in [-0.4, -0.2) is 47.7 Å². The Hall–Kier alpha value is -1.77. The number of anilines is 1. The van der Waals surface area contributed by atoms with Gasteiger partial charge in [0.05, 0.1) is 6.33 Å². The Morgan fingerprint density at radius 1 is 1.30 bits per heavy atom. The second-order valence-corrected chi connectivity index (χ2v) is 6.83. The fourth-order valence-corrected chi connectivity index (χ4v) is 3.24. The van der Waals surface area contributed by atoms with Crippen molar-refractivity contribution in [3.05, 3.63) is 48.5 Å². The van der Waals surface area contributed by atoms with Crippen molar-refractivity contribution in [2.45, 2.75) is 39.3 Å². The van der Waals surface area contributed by atoms with E-state index in [0.29, 0.717) is 6.04 Å². The van der Waals surface area contributed by atoms with Gasteiger partial charge in [0, 0.05) is 56.8 Å². The number of nitrogens with zero attached hydrogens (tertiary/aromatic N) is 4. The van der Waals surface area contributed by atoms with Crippen molar-refractivity contribution in [1.29, 1.82) is 0 Å². The Bertz CT molecular complexity index is 683. The van der Waals surface area contributed by atoms with Crippen LogP contribution >= 0.6 is 24.0 Å². The van der Waals surface area contributed by atoms with Gasteiger partial charge in [-0.1, -0.05) is 17.7 Å². The van der Waals surface area contributed by atoms with Crippen molar-refractivity contribution in [3.8, 4) is 0 Å². The third kappa shape index (κ3) is 6.71. The molecule has 2 aromatic rings. The van der Waals surface area contributed by atoms with E-state index in [1.165, 1.54) is 11.3 Å². The zero-order valence-electron chi connectivity index (χ0n) is 16.3. The number of halogens is 1. The molecule has 1 aromatic heterocycles. The highest BCUT2D eigenvalue weighted by atomic mass is 127. The van der Waals surface area contributed by atoms with Gasteiger partial charge in [-0.25, -0.2) is 4.98 Å². The number of hydrogen-bond donors (Lipinski definition) is 2. The molecule has 27 heavy (non-hydrogen) atoms. The summed E-state index contributed by atoms with van der Waals surface area (Å²) in [6.45, 7) is 8.97. The van der Waals surface area contributed by atoms with Crippen LogP contribution in [0.5, 0.6) is 0 Å². The molecule has 1 atom stereocenters. The molecule has 7 heteroatoms. The zero-order valence-corrected chi connectivity index (χ0v) is 18.6. The predicted octanol–water partition coefficient (Wildman–Crippen LogP) is 3.03. The number of aryl methyl sites for hydroxylation is 2. The number of nitrogens with one attached hydrogen (secondary N) is 2. The van der Waals surface area contributed by atoms with Crippen molar-refractivity contribution >= 4 is 35.6 Å². The van der Waals surface area contributed by atoms with Gasteiger partial charge in [-0.15, -0.1) is 24.0 Å². The summed E-state index contributed by atoms with van der Waals surface area (Å²) in [6.07, 6.45) is 7.80. The highest BCUT2D eigenvalue weighted by Gasteiger charge is 2.23. The van der Waals surface area contributed by atoms with E-state index < -0.39 is 0 Å². The molecule has 0 spiro atoms. The van der Waals surface area contributed by atoms with Crippen molar-refractivity contribution < 1.29 is 0 Å². The van der Waals surface area contributed by atoms with E-state index in [2.05, 4.69) is 63.2 Å². The zero-order chi connectivity index (χ0) is 18.2. The number of imidazole rings is 1. The van der Waals surface area contributed by atoms with Crippen LogP contribution in [0.15, 0.2) is 48.0 Å². The lowest BCUT2D eigenvalue weighted by Gasteiger charge is -2.20. The molecule has 1 aliphatic rings. The molecule has 2 N–H and O–H groups in total. The minimum absolute atomic E-state index is 0. The summed E-state index contributed by atoms with van der Waals surface area (Å²) in [7, 11) is 0. The number of hydrogen-bond acceptors (Lipinski definition) is 3. The molecule has 0 aliphatic carbocycles. The third-order valence-electron chi connectivity index (χ3n) is 4.68. The Balaban J connectivity index is 0.00000261. The van der Waals surface area contributed by atoms with Gasteiger partial charge in [-0.3, -0.25) is 4.99 Å². The number of benzene rings is 1. The highest BCUT2D eigenvalue weighted by Crippen LogP contribution is 2.20. The summed E-state index contributed by atoms with van der Waals surface area (Å²) >= 11 is 0. The van der Waals surface area contributed by atoms with Gasteiger partial charge in [0.25, 0.3) is 0 Å². The van der Waals surface area contributed by atoms with E-state index in [1.807, 2.05) is 18.7 Å². The fraction of sp³-hybridized carbons (Fsp3) is 0.500. The molecular weight excluding hydrogens is 451 g/mol. The Labute approximate surface area is 179 Å². The van der Waals surface area contributed by atoms with Gasteiger partial charge in [0.15, 0.2) is 5.96 Å². The number of rotatable bonds is 7. The number of aromatic nitrogens is 2. The van der Waals surface area contributed by atoms with Crippen LogP contribution in [0.4, 0.5) is 5.69 Å². The molecule has 1 unspecified atom stereocenters. The normalized spacial score (nSPS) is 16.9. The SMILES string of the molecule is CCNC(=NCCCn1ccnc1)NC1CCN(c2ccc(C)cc2)C1.I. The maximum Gasteiger partial charge on any atom is 0.191 e. The molecular formula is C20H31IN6. The van der Waals surface area contributed by atoms with Crippen LogP contribution in [0.2, 0.25) is 0 Å². The average Bonchev–Trinajstić information content (AvgIpc) is 3.31. The second-order valence-electron chi connectivity index (χ2n) is 6.83. The quantitative estimate of drug-likeness (QED) is 0.276. The van der Waals surface area contributed by atoms with Gasteiger partial charge in [-0.2, -0.15) is 0 Å². The van der Waals surface area contributed by atoms with Gasteiger partial charge in [-0.05, 0) is 38.8 Å². The van der Waals surface area contributed by atoms with Gasteiger partial charge < -0.3 is 20.1 Å². The lowest BCUT2D eigenvalue weighted by Crippen LogP contribution is -2.44. The number of guanidine groups is 1. The number of aliphatic imine (C=N–C) groups is 1. The Morgan fingerprint density at radius 3 is 2.81 bits per heavy atom. The van der Waals surface area contributed by atoms with E-state index in [1.54, 1.807) is 0 Å². The van der Waals surface area contributed by atoms with Crippen LogP contribution in [0, 0.1) is 6.92 Å². The highest BCUT2D eigenvalue weighted by molar-refractivity contribution is 14.0. The average molecular weight is 482 g/mol. The van der Waals surface area contributed by atoms with Gasteiger partial charge >= 0.3 is 0 Å². The van der Waals surface area contributed by atoms with E-state index in [9.17, 15) is 0 Å². The Morgan fingerprint density at radius 2 is 2.11 bits per heavy atom. The van der Waals surface area contributed by atoms with Crippen LogP contribution in [0.25, 0.3) is 0 Å². The van der Waals surface area contributed by atoms with Crippen molar-refractivity contribution in [2.75, 3.05) is 31.1 Å². The van der Waals surface area contributed by atoms with Crippen molar-refractivity contribution in [1.82, 2.24) is 20.2 Å². The molecule has 0 bridgehead atoms. The summed E-state index contributed by atoms with van der Waals surface area (Å²) in [5.74, 6) is 0.925. The van der Waals surface area contributed by atoms with Gasteiger partial charge in [0.2, 0.25) is 0 Å². The first-order valence-corrected chi connectivity index (χ1v) is 9.57. The van der Waals surface area contributed by atoms with E-state index in [0.717, 1.165) is 51.5 Å². The molecule has 1 aliphatic heterocycles. The Kier molecular flexibility index (Phi) is 8.90. The lowest BCUT2D eigenvalue weighted by atomic mass is 10.2. The summed E-state index contributed by atoms with van der Waals surface area (Å²) in [5, 5.41) is 6.97. The maximum absolute atomic E-state index is 4.73. The van der Waals surface area contributed by atoms with E-state index >= 15 is 0 Å². The minimum atomic E-state index is 0. The first-order valence-electron chi connectivity index (χ1n) is 9.57. The van der Waals surface area contributed by atoms with Gasteiger partial charge in [0.1, 0.15) is 0 Å². The molecule has 0 saturated carbocycles. The molecule has 148 valence electrons. The summed E-state index contributed by atoms with van der Waals surface area (Å²) in [5.41, 5.74) is 2.61. The van der Waals surface area contributed by atoms with Crippen LogP contribution in [-0.2, 0) is 6.54 Å². The molecule has 0 amide bonds. The first kappa shape index (κ1) is 21.5. The van der Waals surface area contributed by atoms with E-state index in [4.69, 9.17) is 4.99 Å². The predicted molar refractivity (Wildman–Crippen MR) is 123 cm³/mol. The van der Waals surface area contributed by atoms with Crippen LogP contribution in [0.3, 0.4) is 0 Å². The minimum Gasteiger partial charge on any atom is -0.369 e. The van der Waals surface area contributed by atoms with Crippen LogP contribution < -0.4 is 15.5 Å². The standard InChI is InChI=1S/C20H30N6.HI/c1-3-22-20(23-10-4-12-25-14-11-21-16-25)24-18-9-13-26(15-18)19-7-5-17(2)6-8-19;/h5-8,11,14,16,18H,3-4,9-10,12-13,15H2,1-2H3,(H2,22,23,24);1H. The molecule has 3 rings (SSSR count). The summed E-state index contributed by atoms with van der Waals surface area (Å²) < 4.78 is 2.09. The third-order valence-corrected chi connectivity index (χ3v) is 4.68. The second kappa shape index (κ2) is 11.2. The molecule has 1 aromatic carbocycles. The van der Waals surface area contributed by atoms with Crippen LogP contribution in [0.1, 0.15) is 25.3 Å². The van der Waals surface area contributed by atoms with Crippen molar-refractivity contribution in [2.24, 2.45) is 4.99 Å². The smallest absolute Gasteiger partial charge is 0.191 e. The van der Waals surface area contributed by atoms with Crippen molar-refractivity contribution in [3.63, 3.8) is 0 Å².